The van der Waals surface area contributed by atoms with Gasteiger partial charge in [-0.15, -0.1) is 0 Å². The third-order valence-electron chi connectivity index (χ3n) is 2.23. The fraction of sp³-hybridized carbons (Fsp3) is 0.417. The van der Waals surface area contributed by atoms with E-state index in [2.05, 4.69) is 4.72 Å². The number of para-hydroxylation sites is 2. The fourth-order valence-electron chi connectivity index (χ4n) is 1.43. The fourth-order valence-corrected chi connectivity index (χ4v) is 2.57. The van der Waals surface area contributed by atoms with Crippen LogP contribution in [-0.4, -0.2) is 26.7 Å². The first-order valence-corrected chi connectivity index (χ1v) is 7.60. The molecule has 0 saturated heterocycles. The van der Waals surface area contributed by atoms with Crippen molar-refractivity contribution < 1.29 is 17.9 Å². The second-order valence-corrected chi connectivity index (χ2v) is 5.82. The molecule has 1 aromatic rings. The summed E-state index contributed by atoms with van der Waals surface area (Å²) in [6, 6.07) is 6.65. The van der Waals surface area contributed by atoms with Gasteiger partial charge in [-0.05, 0) is 18.6 Å². The zero-order chi connectivity index (χ0) is 14.3. The molecule has 0 radical (unpaired) electrons. The molecule has 3 N–H and O–H groups in total. The van der Waals surface area contributed by atoms with Crippen molar-refractivity contribution >= 4 is 21.6 Å². The summed E-state index contributed by atoms with van der Waals surface area (Å²) >= 11 is 0. The van der Waals surface area contributed by atoms with Gasteiger partial charge < -0.3 is 10.5 Å². The maximum absolute atomic E-state index is 11.7. The highest BCUT2D eigenvalue weighted by molar-refractivity contribution is 7.92. The Morgan fingerprint density at radius 1 is 1.37 bits per heavy atom. The number of nitrogens with two attached hydrogens (primary N) is 1. The van der Waals surface area contributed by atoms with Gasteiger partial charge in [0.2, 0.25) is 15.9 Å². The molecular weight excluding hydrogens is 268 g/mol. The largest absolute Gasteiger partial charge is 0.491 e. The smallest absolute Gasteiger partial charge is 0.232 e. The Morgan fingerprint density at radius 3 is 2.68 bits per heavy atom. The van der Waals surface area contributed by atoms with Gasteiger partial charge in [0.05, 0.1) is 24.5 Å². The van der Waals surface area contributed by atoms with Crippen LogP contribution in [0.15, 0.2) is 24.3 Å². The standard InChI is InChI=1S/C12H18N2O4S/c1-2-9-19(16,17)14-10-5-3-4-6-11(10)18-8-7-12(13)15/h3-6,14H,2,7-9H2,1H3,(H2,13,15). The summed E-state index contributed by atoms with van der Waals surface area (Å²) in [5.41, 5.74) is 5.37. The maximum Gasteiger partial charge on any atom is 0.232 e. The number of benzene rings is 1. The Hall–Kier alpha value is -1.76. The van der Waals surface area contributed by atoms with E-state index < -0.39 is 15.9 Å². The molecule has 0 bridgehead atoms. The van der Waals surface area contributed by atoms with Crippen molar-refractivity contribution in [2.45, 2.75) is 19.8 Å². The molecule has 6 nitrogen and oxygen atoms in total. The van der Waals surface area contributed by atoms with Gasteiger partial charge in [0.25, 0.3) is 0 Å². The van der Waals surface area contributed by atoms with Crippen molar-refractivity contribution in [3.05, 3.63) is 24.3 Å². The second-order valence-electron chi connectivity index (χ2n) is 3.98. The van der Waals surface area contributed by atoms with Gasteiger partial charge >= 0.3 is 0 Å². The van der Waals surface area contributed by atoms with Crippen LogP contribution in [0.25, 0.3) is 0 Å². The van der Waals surface area contributed by atoms with Crippen LogP contribution in [0, 0.1) is 0 Å². The van der Waals surface area contributed by atoms with Gasteiger partial charge in [-0.3, -0.25) is 9.52 Å². The van der Waals surface area contributed by atoms with Crippen molar-refractivity contribution in [2.24, 2.45) is 5.73 Å². The van der Waals surface area contributed by atoms with Gasteiger partial charge in [-0.25, -0.2) is 8.42 Å². The first kappa shape index (κ1) is 15.3. The van der Waals surface area contributed by atoms with Crippen molar-refractivity contribution in [1.82, 2.24) is 0 Å². The van der Waals surface area contributed by atoms with Gasteiger partial charge in [0.1, 0.15) is 5.75 Å². The van der Waals surface area contributed by atoms with E-state index in [-0.39, 0.29) is 18.8 Å². The first-order valence-electron chi connectivity index (χ1n) is 5.95. The molecule has 19 heavy (non-hydrogen) atoms. The summed E-state index contributed by atoms with van der Waals surface area (Å²) < 4.78 is 31.2. The first-order chi connectivity index (χ1) is 8.94. The van der Waals surface area contributed by atoms with Crippen LogP contribution >= 0.6 is 0 Å². The average Bonchev–Trinajstić information content (AvgIpc) is 2.30. The summed E-state index contributed by atoms with van der Waals surface area (Å²) in [4.78, 5) is 10.6. The molecule has 0 aromatic heterocycles. The van der Waals surface area contributed by atoms with E-state index in [1.807, 2.05) is 0 Å². The molecule has 0 atom stereocenters. The van der Waals surface area contributed by atoms with E-state index in [1.54, 1.807) is 31.2 Å². The van der Waals surface area contributed by atoms with Crippen LogP contribution in [-0.2, 0) is 14.8 Å². The molecule has 0 aliphatic carbocycles. The van der Waals surface area contributed by atoms with Crippen LogP contribution in [0.2, 0.25) is 0 Å². The van der Waals surface area contributed by atoms with Crippen LogP contribution in [0.4, 0.5) is 5.69 Å². The molecule has 106 valence electrons. The number of anilines is 1. The molecule has 0 fully saturated rings. The Kier molecular flexibility index (Phi) is 5.62. The van der Waals surface area contributed by atoms with Gasteiger partial charge in [0, 0.05) is 0 Å². The van der Waals surface area contributed by atoms with Crippen molar-refractivity contribution in [3.63, 3.8) is 0 Å². The maximum atomic E-state index is 11.7. The minimum atomic E-state index is -3.37. The highest BCUT2D eigenvalue weighted by Gasteiger charge is 2.12. The zero-order valence-electron chi connectivity index (χ0n) is 10.8. The van der Waals surface area contributed by atoms with E-state index >= 15 is 0 Å². The minimum Gasteiger partial charge on any atom is -0.491 e. The Bertz CT molecular complexity index is 528. The van der Waals surface area contributed by atoms with E-state index in [0.29, 0.717) is 17.9 Å². The lowest BCUT2D eigenvalue weighted by atomic mass is 10.3. The Labute approximate surface area is 113 Å². The van der Waals surface area contributed by atoms with Crippen LogP contribution in [0.5, 0.6) is 5.75 Å². The normalized spacial score (nSPS) is 11.0. The lowest BCUT2D eigenvalue weighted by Crippen LogP contribution is -2.18. The predicted octanol–water partition coefficient (Wildman–Crippen LogP) is 1.09. The summed E-state index contributed by atoms with van der Waals surface area (Å²) in [5.74, 6) is -0.0460. The van der Waals surface area contributed by atoms with Crippen molar-refractivity contribution in [1.29, 1.82) is 0 Å². The quantitative estimate of drug-likeness (QED) is 0.747. The summed E-state index contributed by atoms with van der Waals surface area (Å²) in [6.45, 7) is 1.90. The van der Waals surface area contributed by atoms with Crippen molar-refractivity contribution in [2.75, 3.05) is 17.1 Å². The zero-order valence-corrected chi connectivity index (χ0v) is 11.6. The van der Waals surface area contributed by atoms with Gasteiger partial charge in [-0.2, -0.15) is 0 Å². The topological polar surface area (TPSA) is 98.5 Å². The second kappa shape index (κ2) is 6.98. The number of hydrogen-bond donors (Lipinski definition) is 2. The van der Waals surface area contributed by atoms with E-state index in [9.17, 15) is 13.2 Å². The highest BCUT2D eigenvalue weighted by Crippen LogP contribution is 2.25. The number of rotatable bonds is 8. The summed E-state index contributed by atoms with van der Waals surface area (Å²) in [6.07, 6.45) is 0.607. The number of hydrogen-bond acceptors (Lipinski definition) is 4. The summed E-state index contributed by atoms with van der Waals surface area (Å²) in [5, 5.41) is 0. The van der Waals surface area contributed by atoms with E-state index in [0.717, 1.165) is 0 Å². The molecule has 0 aliphatic heterocycles. The lowest BCUT2D eigenvalue weighted by Gasteiger charge is -2.12. The molecule has 0 heterocycles. The van der Waals surface area contributed by atoms with Gasteiger partial charge in [-0.1, -0.05) is 19.1 Å². The molecule has 1 amide bonds. The molecule has 0 unspecified atom stereocenters. The van der Waals surface area contributed by atoms with Crippen LogP contribution in [0.3, 0.4) is 0 Å². The molecule has 0 spiro atoms. The lowest BCUT2D eigenvalue weighted by molar-refractivity contribution is -0.118. The molecular formula is C12H18N2O4S. The number of carbonyl (C=O) groups is 1. The number of carbonyl (C=O) groups excluding carboxylic acids is 1. The van der Waals surface area contributed by atoms with E-state index in [1.165, 1.54) is 0 Å². The monoisotopic (exact) mass is 286 g/mol. The number of nitrogens with one attached hydrogen (secondary N) is 1. The molecule has 1 aromatic carbocycles. The molecule has 0 aliphatic rings. The van der Waals surface area contributed by atoms with Gasteiger partial charge in [0.15, 0.2) is 0 Å². The Morgan fingerprint density at radius 2 is 2.05 bits per heavy atom. The predicted molar refractivity (Wildman–Crippen MR) is 73.4 cm³/mol. The van der Waals surface area contributed by atoms with Crippen LogP contribution < -0.4 is 15.2 Å². The number of sulfonamides is 1. The number of ether oxygens (including phenoxy) is 1. The average molecular weight is 286 g/mol. The SMILES string of the molecule is CCCS(=O)(=O)Nc1ccccc1OCCC(N)=O. The molecule has 1 rings (SSSR count). The molecule has 0 saturated carbocycles. The highest BCUT2D eigenvalue weighted by atomic mass is 32.2. The third-order valence-corrected chi connectivity index (χ3v) is 3.71. The number of amides is 1. The Balaban J connectivity index is 2.75. The molecule has 7 heteroatoms. The van der Waals surface area contributed by atoms with Crippen molar-refractivity contribution in [3.8, 4) is 5.75 Å². The summed E-state index contributed by atoms with van der Waals surface area (Å²) in [7, 11) is -3.37. The van der Waals surface area contributed by atoms with Crippen LogP contribution in [0.1, 0.15) is 19.8 Å². The van der Waals surface area contributed by atoms with E-state index in [4.69, 9.17) is 10.5 Å². The minimum absolute atomic E-state index is 0.0443. The third kappa shape index (κ3) is 5.60. The number of primary amides is 1.